The molecular formula is C6H9N3O. The second kappa shape index (κ2) is 2.43. The van der Waals surface area contributed by atoms with Gasteiger partial charge in [0.1, 0.15) is 0 Å². The van der Waals surface area contributed by atoms with Crippen molar-refractivity contribution < 1.29 is 4.74 Å². The zero-order valence-corrected chi connectivity index (χ0v) is 5.66. The Morgan fingerprint density at radius 1 is 1.50 bits per heavy atom. The topological polar surface area (TPSA) is 74.2 Å². The maximum absolute atomic E-state index is 5.41. The lowest BCUT2D eigenvalue weighted by Crippen LogP contribution is -1.96. The molecule has 0 radical (unpaired) electrons. The molecule has 0 unspecified atom stereocenters. The summed E-state index contributed by atoms with van der Waals surface area (Å²) in [6.07, 6.45) is 1.48. The lowest BCUT2D eigenvalue weighted by atomic mass is 10.4. The molecule has 1 aromatic rings. The average molecular weight is 139 g/mol. The highest BCUT2D eigenvalue weighted by molar-refractivity contribution is 5.53. The lowest BCUT2D eigenvalue weighted by Gasteiger charge is -2.02. The molecule has 0 spiro atoms. The number of aromatic nitrogens is 1. The van der Waals surface area contributed by atoms with E-state index in [4.69, 9.17) is 16.2 Å². The SMILES string of the molecule is COc1cc(N)cnc1N. The average Bonchev–Trinajstić information content (AvgIpc) is 1.94. The summed E-state index contributed by atoms with van der Waals surface area (Å²) in [5.74, 6) is 0.872. The van der Waals surface area contributed by atoms with Crippen LogP contribution in [-0.2, 0) is 0 Å². The maximum Gasteiger partial charge on any atom is 0.166 e. The van der Waals surface area contributed by atoms with Crippen molar-refractivity contribution in [3.05, 3.63) is 12.3 Å². The van der Waals surface area contributed by atoms with E-state index in [0.717, 1.165) is 0 Å². The van der Waals surface area contributed by atoms with E-state index in [1.165, 1.54) is 13.3 Å². The summed E-state index contributed by atoms with van der Waals surface area (Å²) >= 11 is 0. The molecule has 0 saturated heterocycles. The first-order chi connectivity index (χ1) is 4.74. The van der Waals surface area contributed by atoms with E-state index in [1.54, 1.807) is 6.07 Å². The smallest absolute Gasteiger partial charge is 0.166 e. The number of hydrogen-bond donors (Lipinski definition) is 2. The van der Waals surface area contributed by atoms with Crippen molar-refractivity contribution in [1.82, 2.24) is 4.98 Å². The molecule has 54 valence electrons. The number of methoxy groups -OCH3 is 1. The largest absolute Gasteiger partial charge is 0.493 e. The molecule has 0 aliphatic heterocycles. The molecule has 0 aromatic carbocycles. The van der Waals surface area contributed by atoms with Crippen LogP contribution < -0.4 is 16.2 Å². The van der Waals surface area contributed by atoms with E-state index >= 15 is 0 Å². The van der Waals surface area contributed by atoms with Crippen molar-refractivity contribution in [2.24, 2.45) is 0 Å². The second-order valence-electron chi connectivity index (χ2n) is 1.86. The monoisotopic (exact) mass is 139 g/mol. The quantitative estimate of drug-likeness (QED) is 0.585. The Morgan fingerprint density at radius 2 is 2.20 bits per heavy atom. The van der Waals surface area contributed by atoms with Crippen LogP contribution in [0.5, 0.6) is 5.75 Å². The van der Waals surface area contributed by atoms with Gasteiger partial charge in [-0.25, -0.2) is 4.98 Å². The Labute approximate surface area is 58.8 Å². The van der Waals surface area contributed by atoms with E-state index in [2.05, 4.69) is 4.98 Å². The molecule has 0 bridgehead atoms. The van der Waals surface area contributed by atoms with Gasteiger partial charge in [0.25, 0.3) is 0 Å². The first-order valence-electron chi connectivity index (χ1n) is 2.79. The minimum atomic E-state index is 0.358. The fourth-order valence-corrected chi connectivity index (χ4v) is 0.634. The van der Waals surface area contributed by atoms with Gasteiger partial charge in [0.2, 0.25) is 0 Å². The van der Waals surface area contributed by atoms with Crippen molar-refractivity contribution in [3.63, 3.8) is 0 Å². The van der Waals surface area contributed by atoms with Crippen molar-refractivity contribution in [1.29, 1.82) is 0 Å². The number of nitrogen functional groups attached to an aromatic ring is 2. The molecule has 0 amide bonds. The van der Waals surface area contributed by atoms with Crippen LogP contribution in [0, 0.1) is 0 Å². The molecule has 0 aliphatic carbocycles. The van der Waals surface area contributed by atoms with Gasteiger partial charge in [-0.2, -0.15) is 0 Å². The van der Waals surface area contributed by atoms with Gasteiger partial charge in [-0.3, -0.25) is 0 Å². The first-order valence-corrected chi connectivity index (χ1v) is 2.79. The maximum atomic E-state index is 5.41. The van der Waals surface area contributed by atoms with Gasteiger partial charge >= 0.3 is 0 Å². The first kappa shape index (κ1) is 6.67. The van der Waals surface area contributed by atoms with Gasteiger partial charge in [-0.1, -0.05) is 0 Å². The predicted octanol–water partition coefficient (Wildman–Crippen LogP) is 0.255. The van der Waals surface area contributed by atoms with Gasteiger partial charge in [0, 0.05) is 6.07 Å². The Hall–Kier alpha value is -1.45. The normalized spacial score (nSPS) is 9.30. The molecule has 0 saturated carbocycles. The van der Waals surface area contributed by atoms with Gasteiger partial charge in [0.05, 0.1) is 19.0 Å². The van der Waals surface area contributed by atoms with Crippen LogP contribution in [0.25, 0.3) is 0 Å². The zero-order valence-electron chi connectivity index (χ0n) is 5.66. The number of ether oxygens (including phenoxy) is 1. The van der Waals surface area contributed by atoms with Gasteiger partial charge in [0.15, 0.2) is 11.6 Å². The van der Waals surface area contributed by atoms with Crippen molar-refractivity contribution >= 4 is 11.5 Å². The molecule has 4 nitrogen and oxygen atoms in total. The summed E-state index contributed by atoms with van der Waals surface area (Å²) in [5, 5.41) is 0. The number of rotatable bonds is 1. The molecule has 1 rings (SSSR count). The van der Waals surface area contributed by atoms with Gasteiger partial charge in [-0.15, -0.1) is 0 Å². The molecule has 10 heavy (non-hydrogen) atoms. The summed E-state index contributed by atoms with van der Waals surface area (Å²) in [7, 11) is 1.52. The molecule has 4 heteroatoms. The highest BCUT2D eigenvalue weighted by Crippen LogP contribution is 2.19. The molecule has 1 heterocycles. The molecular weight excluding hydrogens is 130 g/mol. The third-order valence-corrected chi connectivity index (χ3v) is 1.12. The Morgan fingerprint density at radius 3 is 2.70 bits per heavy atom. The fourth-order valence-electron chi connectivity index (χ4n) is 0.634. The van der Waals surface area contributed by atoms with Crippen LogP contribution in [0.2, 0.25) is 0 Å². The van der Waals surface area contributed by atoms with Crippen LogP contribution in [-0.4, -0.2) is 12.1 Å². The minimum absolute atomic E-state index is 0.358. The van der Waals surface area contributed by atoms with Crippen molar-refractivity contribution in [3.8, 4) is 5.75 Å². The third kappa shape index (κ3) is 1.10. The highest BCUT2D eigenvalue weighted by atomic mass is 16.5. The number of anilines is 2. The number of nitrogens with zero attached hydrogens (tertiary/aromatic N) is 1. The summed E-state index contributed by atoms with van der Waals surface area (Å²) in [6, 6.07) is 1.63. The summed E-state index contributed by atoms with van der Waals surface area (Å²) in [6.45, 7) is 0. The van der Waals surface area contributed by atoms with Crippen LogP contribution in [0.1, 0.15) is 0 Å². The van der Waals surface area contributed by atoms with Gasteiger partial charge < -0.3 is 16.2 Å². The van der Waals surface area contributed by atoms with Crippen LogP contribution >= 0.6 is 0 Å². The third-order valence-electron chi connectivity index (χ3n) is 1.12. The van der Waals surface area contributed by atoms with Crippen molar-refractivity contribution in [2.45, 2.75) is 0 Å². The van der Waals surface area contributed by atoms with E-state index in [9.17, 15) is 0 Å². The molecule has 4 N–H and O–H groups in total. The highest BCUT2D eigenvalue weighted by Gasteiger charge is 1.98. The number of hydrogen-bond acceptors (Lipinski definition) is 4. The Balaban J connectivity index is 3.09. The molecule has 0 atom stereocenters. The van der Waals surface area contributed by atoms with Crippen LogP contribution in [0.4, 0.5) is 11.5 Å². The number of nitrogens with two attached hydrogens (primary N) is 2. The van der Waals surface area contributed by atoms with E-state index < -0.39 is 0 Å². The van der Waals surface area contributed by atoms with E-state index in [1.807, 2.05) is 0 Å². The van der Waals surface area contributed by atoms with Crippen molar-refractivity contribution in [2.75, 3.05) is 18.6 Å². The van der Waals surface area contributed by atoms with Gasteiger partial charge in [-0.05, 0) is 0 Å². The lowest BCUT2D eigenvalue weighted by molar-refractivity contribution is 0.415. The zero-order chi connectivity index (χ0) is 7.56. The second-order valence-corrected chi connectivity index (χ2v) is 1.86. The summed E-state index contributed by atoms with van der Waals surface area (Å²) in [4.78, 5) is 3.78. The fraction of sp³-hybridized carbons (Fsp3) is 0.167. The predicted molar refractivity (Wildman–Crippen MR) is 39.6 cm³/mol. The van der Waals surface area contributed by atoms with Crippen LogP contribution in [0.3, 0.4) is 0 Å². The molecule has 1 aromatic heterocycles. The molecule has 0 aliphatic rings. The number of pyridine rings is 1. The van der Waals surface area contributed by atoms with E-state index in [0.29, 0.717) is 17.3 Å². The molecule has 0 fully saturated rings. The summed E-state index contributed by atoms with van der Waals surface area (Å²) < 4.78 is 4.86. The Kier molecular flexibility index (Phi) is 1.62. The Bertz CT molecular complexity index is 236. The minimum Gasteiger partial charge on any atom is -0.493 e. The van der Waals surface area contributed by atoms with E-state index in [-0.39, 0.29) is 0 Å². The summed E-state index contributed by atoms with van der Waals surface area (Å²) in [5.41, 5.74) is 11.4. The van der Waals surface area contributed by atoms with Crippen LogP contribution in [0.15, 0.2) is 12.3 Å². The standard InChI is InChI=1S/C6H9N3O/c1-10-5-2-4(7)3-9-6(5)8/h2-3H,7H2,1H3,(H2,8,9).